The number of benzene rings is 2. The van der Waals surface area contributed by atoms with Crippen LogP contribution in [0.3, 0.4) is 0 Å². The number of fused-ring (bicyclic) bond motifs is 3. The zero-order chi connectivity index (χ0) is 17.4. The number of esters is 1. The predicted molar refractivity (Wildman–Crippen MR) is 98.2 cm³/mol. The van der Waals surface area contributed by atoms with Crippen molar-refractivity contribution in [3.05, 3.63) is 71.4 Å². The van der Waals surface area contributed by atoms with Crippen LogP contribution in [-0.2, 0) is 22.5 Å². The first-order valence-electron chi connectivity index (χ1n) is 8.66. The van der Waals surface area contributed by atoms with Crippen molar-refractivity contribution in [1.82, 2.24) is 9.88 Å². The maximum atomic E-state index is 12.5. The van der Waals surface area contributed by atoms with E-state index in [1.165, 1.54) is 29.3 Å². The molecule has 25 heavy (non-hydrogen) atoms. The summed E-state index contributed by atoms with van der Waals surface area (Å²) in [4.78, 5) is 18.3. The number of rotatable bonds is 3. The van der Waals surface area contributed by atoms with Crippen LogP contribution in [0.4, 0.5) is 0 Å². The molecule has 2 atom stereocenters. The SMILES string of the molecule is COC(=O)[C@@H]1Cc2c([nH]c3ccccc23)[C@@H](C)N1Cc1ccccc1. The van der Waals surface area contributed by atoms with E-state index in [1.54, 1.807) is 0 Å². The van der Waals surface area contributed by atoms with E-state index in [9.17, 15) is 4.79 Å². The van der Waals surface area contributed by atoms with Gasteiger partial charge in [0.1, 0.15) is 6.04 Å². The predicted octanol–water partition coefficient (Wildman–Crippen LogP) is 3.83. The van der Waals surface area contributed by atoms with E-state index in [4.69, 9.17) is 4.74 Å². The van der Waals surface area contributed by atoms with Gasteiger partial charge in [-0.2, -0.15) is 0 Å². The molecule has 0 amide bonds. The summed E-state index contributed by atoms with van der Waals surface area (Å²) in [7, 11) is 1.47. The lowest BCUT2D eigenvalue weighted by molar-refractivity contribution is -0.148. The fourth-order valence-corrected chi connectivity index (χ4v) is 3.94. The van der Waals surface area contributed by atoms with E-state index in [1.807, 2.05) is 30.3 Å². The van der Waals surface area contributed by atoms with E-state index in [-0.39, 0.29) is 18.1 Å². The van der Waals surface area contributed by atoms with Gasteiger partial charge in [-0.25, -0.2) is 0 Å². The molecule has 0 fully saturated rings. The Morgan fingerprint density at radius 2 is 1.88 bits per heavy atom. The number of nitrogens with zero attached hydrogens (tertiary/aromatic N) is 1. The zero-order valence-corrected chi connectivity index (χ0v) is 14.5. The summed E-state index contributed by atoms with van der Waals surface area (Å²) < 4.78 is 5.12. The van der Waals surface area contributed by atoms with Crippen molar-refractivity contribution >= 4 is 16.9 Å². The van der Waals surface area contributed by atoms with E-state index >= 15 is 0 Å². The molecule has 1 aliphatic heterocycles. The molecule has 3 aromatic rings. The van der Waals surface area contributed by atoms with Gasteiger partial charge in [0, 0.05) is 35.6 Å². The Bertz CT molecular complexity index is 901. The quantitative estimate of drug-likeness (QED) is 0.741. The average molecular weight is 334 g/mol. The van der Waals surface area contributed by atoms with E-state index in [2.05, 4.69) is 41.1 Å². The van der Waals surface area contributed by atoms with Gasteiger partial charge >= 0.3 is 5.97 Å². The van der Waals surface area contributed by atoms with Gasteiger partial charge in [0.05, 0.1) is 7.11 Å². The molecule has 2 aromatic carbocycles. The molecule has 1 aromatic heterocycles. The Labute approximate surface area is 147 Å². The highest BCUT2D eigenvalue weighted by atomic mass is 16.5. The molecule has 1 N–H and O–H groups in total. The molecule has 4 rings (SSSR count). The molecule has 0 bridgehead atoms. The van der Waals surface area contributed by atoms with Crippen LogP contribution in [0.2, 0.25) is 0 Å². The molecule has 0 saturated carbocycles. The van der Waals surface area contributed by atoms with Crippen molar-refractivity contribution < 1.29 is 9.53 Å². The lowest BCUT2D eigenvalue weighted by Gasteiger charge is -2.39. The fraction of sp³-hybridized carbons (Fsp3) is 0.286. The number of carbonyl (C=O) groups is 1. The summed E-state index contributed by atoms with van der Waals surface area (Å²) in [5, 5.41) is 1.21. The van der Waals surface area contributed by atoms with Gasteiger partial charge in [-0.3, -0.25) is 9.69 Å². The second-order valence-electron chi connectivity index (χ2n) is 6.64. The molecule has 4 heteroatoms. The second-order valence-corrected chi connectivity index (χ2v) is 6.64. The van der Waals surface area contributed by atoms with Crippen LogP contribution < -0.4 is 0 Å². The number of aromatic nitrogens is 1. The first-order valence-corrected chi connectivity index (χ1v) is 8.66. The summed E-state index contributed by atoms with van der Waals surface area (Å²) in [6, 6.07) is 18.4. The van der Waals surface area contributed by atoms with Gasteiger partial charge in [0.15, 0.2) is 0 Å². The molecule has 128 valence electrons. The normalized spacial score (nSPS) is 20.4. The maximum absolute atomic E-state index is 12.5. The molecule has 1 aliphatic rings. The highest BCUT2D eigenvalue weighted by molar-refractivity contribution is 5.87. The highest BCUT2D eigenvalue weighted by Crippen LogP contribution is 2.38. The summed E-state index contributed by atoms with van der Waals surface area (Å²) in [6.07, 6.45) is 0.670. The number of para-hydroxylation sites is 1. The van der Waals surface area contributed by atoms with Crippen molar-refractivity contribution in [2.45, 2.75) is 32.0 Å². The van der Waals surface area contributed by atoms with Gasteiger partial charge in [0.2, 0.25) is 0 Å². The van der Waals surface area contributed by atoms with Gasteiger partial charge in [0.25, 0.3) is 0 Å². The van der Waals surface area contributed by atoms with Crippen molar-refractivity contribution in [3.8, 4) is 0 Å². The number of aromatic amines is 1. The number of carbonyl (C=O) groups excluding carboxylic acids is 1. The van der Waals surface area contributed by atoms with Crippen LogP contribution >= 0.6 is 0 Å². The van der Waals surface area contributed by atoms with Crippen molar-refractivity contribution in [2.24, 2.45) is 0 Å². The van der Waals surface area contributed by atoms with Gasteiger partial charge in [-0.1, -0.05) is 48.5 Å². The Kier molecular flexibility index (Phi) is 4.06. The Morgan fingerprint density at radius 3 is 2.64 bits per heavy atom. The third-order valence-corrected chi connectivity index (χ3v) is 5.24. The van der Waals surface area contributed by atoms with E-state index < -0.39 is 0 Å². The first-order chi connectivity index (χ1) is 12.2. The standard InChI is InChI=1S/C21H22N2O2/c1-14-20-17(16-10-6-7-11-18(16)22-20)12-19(21(24)25-2)23(14)13-15-8-4-3-5-9-15/h3-11,14,19,22H,12-13H2,1-2H3/t14-,19+/m1/s1. The van der Waals surface area contributed by atoms with Crippen LogP contribution in [0.15, 0.2) is 54.6 Å². The Hall–Kier alpha value is -2.59. The van der Waals surface area contributed by atoms with Crippen molar-refractivity contribution in [3.63, 3.8) is 0 Å². The van der Waals surface area contributed by atoms with Crippen LogP contribution in [-0.4, -0.2) is 29.0 Å². The molecule has 4 nitrogen and oxygen atoms in total. The largest absolute Gasteiger partial charge is 0.468 e. The molecule has 0 saturated heterocycles. The minimum absolute atomic E-state index is 0.112. The number of nitrogens with one attached hydrogen (secondary N) is 1. The van der Waals surface area contributed by atoms with Gasteiger partial charge in [-0.05, 0) is 24.1 Å². The van der Waals surface area contributed by atoms with Crippen LogP contribution in [0, 0.1) is 0 Å². The summed E-state index contributed by atoms with van der Waals surface area (Å²) in [5.74, 6) is -0.168. The Balaban J connectivity index is 1.78. The molecular weight excluding hydrogens is 312 g/mol. The van der Waals surface area contributed by atoms with E-state index in [0.29, 0.717) is 6.42 Å². The number of ether oxygens (including phenoxy) is 1. The number of H-pyrrole nitrogens is 1. The lowest BCUT2D eigenvalue weighted by Crippen LogP contribution is -2.47. The number of methoxy groups -OCH3 is 1. The average Bonchev–Trinajstić information content (AvgIpc) is 3.03. The topological polar surface area (TPSA) is 45.3 Å². The van der Waals surface area contributed by atoms with Gasteiger partial charge in [-0.15, -0.1) is 0 Å². The van der Waals surface area contributed by atoms with Crippen LogP contribution in [0.25, 0.3) is 10.9 Å². The van der Waals surface area contributed by atoms with Crippen LogP contribution in [0.5, 0.6) is 0 Å². The summed E-state index contributed by atoms with van der Waals surface area (Å²) in [6.45, 7) is 2.88. The molecule has 2 heterocycles. The molecule has 0 unspecified atom stereocenters. The maximum Gasteiger partial charge on any atom is 0.323 e. The Morgan fingerprint density at radius 1 is 1.16 bits per heavy atom. The van der Waals surface area contributed by atoms with Crippen molar-refractivity contribution in [2.75, 3.05) is 7.11 Å². The summed E-state index contributed by atoms with van der Waals surface area (Å²) >= 11 is 0. The molecule has 0 spiro atoms. The number of hydrogen-bond acceptors (Lipinski definition) is 3. The molecular formula is C21H22N2O2. The smallest absolute Gasteiger partial charge is 0.323 e. The first kappa shape index (κ1) is 15.9. The summed E-state index contributed by atoms with van der Waals surface area (Å²) in [5.41, 5.74) is 4.77. The van der Waals surface area contributed by atoms with Crippen LogP contribution in [0.1, 0.15) is 29.8 Å². The van der Waals surface area contributed by atoms with Gasteiger partial charge < -0.3 is 9.72 Å². The molecule has 0 radical (unpaired) electrons. The van der Waals surface area contributed by atoms with E-state index in [0.717, 1.165) is 12.1 Å². The highest BCUT2D eigenvalue weighted by Gasteiger charge is 2.38. The van der Waals surface area contributed by atoms with Crippen molar-refractivity contribution in [1.29, 1.82) is 0 Å². The zero-order valence-electron chi connectivity index (χ0n) is 14.5. The third kappa shape index (κ3) is 2.72. The monoisotopic (exact) mass is 334 g/mol. The fourth-order valence-electron chi connectivity index (χ4n) is 3.94. The second kappa shape index (κ2) is 6.37. The number of hydrogen-bond donors (Lipinski definition) is 1. The minimum Gasteiger partial charge on any atom is -0.468 e. The lowest BCUT2D eigenvalue weighted by atomic mass is 9.91. The third-order valence-electron chi connectivity index (χ3n) is 5.24. The molecule has 0 aliphatic carbocycles. The minimum atomic E-state index is -0.271.